The van der Waals surface area contributed by atoms with E-state index in [4.69, 9.17) is 5.73 Å². The molecule has 3 N–H and O–H groups in total. The molecule has 0 aromatic heterocycles. The second kappa shape index (κ2) is 5.71. The predicted octanol–water partition coefficient (Wildman–Crippen LogP) is 1.48. The number of nitrogens with zero attached hydrogens (tertiary/aromatic N) is 2. The zero-order chi connectivity index (χ0) is 12.1. The van der Waals surface area contributed by atoms with Gasteiger partial charge in [-0.15, -0.1) is 0 Å². The minimum atomic E-state index is -0.585. The van der Waals surface area contributed by atoms with Crippen LogP contribution >= 0.6 is 0 Å². The molecule has 4 nitrogen and oxygen atoms in total. The van der Waals surface area contributed by atoms with Crippen molar-refractivity contribution in [3.05, 3.63) is 0 Å². The summed E-state index contributed by atoms with van der Waals surface area (Å²) in [5, 5.41) is 10.3. The smallest absolute Gasteiger partial charge is 0.191 e. The van der Waals surface area contributed by atoms with E-state index in [1.165, 1.54) is 25.7 Å². The van der Waals surface area contributed by atoms with Gasteiger partial charge in [-0.05, 0) is 32.1 Å². The van der Waals surface area contributed by atoms with Crippen LogP contribution in [-0.4, -0.2) is 41.2 Å². The van der Waals surface area contributed by atoms with Gasteiger partial charge in [-0.3, -0.25) is 4.99 Å². The van der Waals surface area contributed by atoms with Crippen molar-refractivity contribution < 1.29 is 5.11 Å². The first-order valence-corrected chi connectivity index (χ1v) is 6.97. The largest absolute Gasteiger partial charge is 0.388 e. The molecule has 2 aliphatic rings. The molecule has 0 unspecified atom stereocenters. The Morgan fingerprint density at radius 1 is 1.06 bits per heavy atom. The molecular weight excluding hydrogens is 214 g/mol. The minimum Gasteiger partial charge on any atom is -0.388 e. The number of likely N-dealkylation sites (tertiary alicyclic amines) is 1. The van der Waals surface area contributed by atoms with Gasteiger partial charge >= 0.3 is 0 Å². The molecule has 98 valence electrons. The van der Waals surface area contributed by atoms with E-state index in [9.17, 15) is 5.11 Å². The van der Waals surface area contributed by atoms with Gasteiger partial charge in [-0.2, -0.15) is 0 Å². The maximum Gasteiger partial charge on any atom is 0.191 e. The van der Waals surface area contributed by atoms with Crippen LogP contribution in [0.4, 0.5) is 0 Å². The van der Waals surface area contributed by atoms with Crippen molar-refractivity contribution in [3.8, 4) is 0 Å². The minimum absolute atomic E-state index is 0.481. The SMILES string of the molecule is NC(=NCC1(O)CCCCC1)N1CCCCC1. The van der Waals surface area contributed by atoms with Crippen molar-refractivity contribution in [1.29, 1.82) is 0 Å². The Kier molecular flexibility index (Phi) is 4.26. The fourth-order valence-electron chi connectivity index (χ4n) is 2.82. The number of guanidine groups is 1. The Labute approximate surface area is 104 Å². The first-order chi connectivity index (χ1) is 8.20. The van der Waals surface area contributed by atoms with Gasteiger partial charge in [0.25, 0.3) is 0 Å². The summed E-state index contributed by atoms with van der Waals surface area (Å²) in [4.78, 5) is 6.56. The van der Waals surface area contributed by atoms with Crippen LogP contribution in [0.1, 0.15) is 51.4 Å². The quantitative estimate of drug-likeness (QED) is 0.567. The molecule has 0 spiro atoms. The van der Waals surface area contributed by atoms with Crippen molar-refractivity contribution in [1.82, 2.24) is 4.90 Å². The van der Waals surface area contributed by atoms with Crippen molar-refractivity contribution in [2.24, 2.45) is 10.7 Å². The van der Waals surface area contributed by atoms with Crippen LogP contribution in [0.25, 0.3) is 0 Å². The van der Waals surface area contributed by atoms with Crippen LogP contribution < -0.4 is 5.73 Å². The lowest BCUT2D eigenvalue weighted by Gasteiger charge is -2.32. The zero-order valence-corrected chi connectivity index (χ0v) is 10.7. The third kappa shape index (κ3) is 3.60. The van der Waals surface area contributed by atoms with Crippen LogP contribution in [0.2, 0.25) is 0 Å². The topological polar surface area (TPSA) is 61.9 Å². The van der Waals surface area contributed by atoms with E-state index in [1.807, 2.05) is 0 Å². The number of aliphatic imine (C=N–C) groups is 1. The van der Waals surface area contributed by atoms with E-state index >= 15 is 0 Å². The molecule has 17 heavy (non-hydrogen) atoms. The van der Waals surface area contributed by atoms with Crippen molar-refractivity contribution in [2.75, 3.05) is 19.6 Å². The molecule has 1 aliphatic carbocycles. The second-order valence-electron chi connectivity index (χ2n) is 5.51. The molecule has 1 aliphatic heterocycles. The normalized spacial score (nSPS) is 25.9. The number of rotatable bonds is 2. The van der Waals surface area contributed by atoms with E-state index in [2.05, 4.69) is 9.89 Å². The first kappa shape index (κ1) is 12.7. The summed E-state index contributed by atoms with van der Waals surface area (Å²) < 4.78 is 0. The lowest BCUT2D eigenvalue weighted by atomic mass is 9.85. The fraction of sp³-hybridized carbons (Fsp3) is 0.923. The van der Waals surface area contributed by atoms with E-state index in [1.54, 1.807) is 0 Å². The molecular formula is C13H25N3O. The lowest BCUT2D eigenvalue weighted by molar-refractivity contribution is 0.0130. The Morgan fingerprint density at radius 2 is 1.65 bits per heavy atom. The third-order valence-electron chi connectivity index (χ3n) is 4.00. The van der Waals surface area contributed by atoms with Gasteiger partial charge in [-0.1, -0.05) is 19.3 Å². The summed E-state index contributed by atoms with van der Waals surface area (Å²) >= 11 is 0. The highest BCUT2D eigenvalue weighted by molar-refractivity contribution is 5.78. The fourth-order valence-corrected chi connectivity index (χ4v) is 2.82. The molecule has 0 amide bonds. The Morgan fingerprint density at radius 3 is 2.29 bits per heavy atom. The molecule has 1 saturated carbocycles. The number of hydrogen-bond acceptors (Lipinski definition) is 2. The molecule has 0 atom stereocenters. The third-order valence-corrected chi connectivity index (χ3v) is 4.00. The first-order valence-electron chi connectivity index (χ1n) is 6.97. The number of aliphatic hydroxyl groups is 1. The summed E-state index contributed by atoms with van der Waals surface area (Å²) in [6.07, 6.45) is 8.96. The summed E-state index contributed by atoms with van der Waals surface area (Å²) in [7, 11) is 0. The molecule has 2 rings (SSSR count). The van der Waals surface area contributed by atoms with Gasteiger partial charge in [0, 0.05) is 13.1 Å². The van der Waals surface area contributed by atoms with E-state index < -0.39 is 5.60 Å². The number of hydrogen-bond donors (Lipinski definition) is 2. The molecule has 1 heterocycles. The average molecular weight is 239 g/mol. The van der Waals surface area contributed by atoms with Crippen LogP contribution in [0.5, 0.6) is 0 Å². The van der Waals surface area contributed by atoms with Crippen molar-refractivity contribution in [2.45, 2.75) is 57.0 Å². The molecule has 0 aromatic carbocycles. The number of piperidine rings is 1. The predicted molar refractivity (Wildman–Crippen MR) is 69.9 cm³/mol. The Bertz CT molecular complexity index is 266. The highest BCUT2D eigenvalue weighted by Gasteiger charge is 2.29. The number of nitrogens with two attached hydrogens (primary N) is 1. The van der Waals surface area contributed by atoms with Crippen LogP contribution in [0.15, 0.2) is 4.99 Å². The summed E-state index contributed by atoms with van der Waals surface area (Å²) in [5.74, 6) is 0.628. The standard InChI is InChI=1S/C13H25N3O/c14-12(16-9-5-2-6-10-16)15-11-13(17)7-3-1-4-8-13/h17H,1-11H2,(H2,14,15). The highest BCUT2D eigenvalue weighted by atomic mass is 16.3. The highest BCUT2D eigenvalue weighted by Crippen LogP contribution is 2.28. The Hall–Kier alpha value is -0.770. The molecule has 0 aromatic rings. The Balaban J connectivity index is 1.85. The van der Waals surface area contributed by atoms with Crippen LogP contribution in [0.3, 0.4) is 0 Å². The van der Waals surface area contributed by atoms with Gasteiger partial charge in [0.15, 0.2) is 5.96 Å². The molecule has 0 radical (unpaired) electrons. The van der Waals surface area contributed by atoms with Crippen molar-refractivity contribution in [3.63, 3.8) is 0 Å². The molecule has 1 saturated heterocycles. The molecule has 4 heteroatoms. The van der Waals surface area contributed by atoms with Crippen molar-refractivity contribution >= 4 is 5.96 Å². The molecule has 0 bridgehead atoms. The second-order valence-corrected chi connectivity index (χ2v) is 5.51. The maximum absolute atomic E-state index is 10.3. The monoisotopic (exact) mass is 239 g/mol. The van der Waals surface area contributed by atoms with E-state index in [0.717, 1.165) is 38.8 Å². The average Bonchev–Trinajstić information content (AvgIpc) is 2.38. The summed E-state index contributed by atoms with van der Waals surface area (Å²) in [6, 6.07) is 0. The van der Waals surface area contributed by atoms with Gasteiger partial charge in [0.2, 0.25) is 0 Å². The van der Waals surface area contributed by atoms with E-state index in [-0.39, 0.29) is 0 Å². The summed E-state index contributed by atoms with van der Waals surface area (Å²) in [5.41, 5.74) is 5.40. The van der Waals surface area contributed by atoms with E-state index in [0.29, 0.717) is 12.5 Å². The summed E-state index contributed by atoms with van der Waals surface area (Å²) in [6.45, 7) is 2.52. The maximum atomic E-state index is 10.3. The zero-order valence-electron chi connectivity index (χ0n) is 10.7. The van der Waals surface area contributed by atoms with Gasteiger partial charge in [0.1, 0.15) is 0 Å². The van der Waals surface area contributed by atoms with Gasteiger partial charge in [-0.25, -0.2) is 0 Å². The van der Waals surface area contributed by atoms with Crippen LogP contribution in [-0.2, 0) is 0 Å². The molecule has 2 fully saturated rings. The van der Waals surface area contributed by atoms with Gasteiger partial charge < -0.3 is 15.7 Å². The lowest BCUT2D eigenvalue weighted by Crippen LogP contribution is -2.42. The van der Waals surface area contributed by atoms with Gasteiger partial charge in [0.05, 0.1) is 12.1 Å². The van der Waals surface area contributed by atoms with Crippen LogP contribution in [0, 0.1) is 0 Å².